The summed E-state index contributed by atoms with van der Waals surface area (Å²) in [6.07, 6.45) is 4.97. The molecular formula is C13H14N4O. The van der Waals surface area contributed by atoms with E-state index in [9.17, 15) is 4.79 Å². The molecule has 2 N–H and O–H groups in total. The van der Waals surface area contributed by atoms with Crippen molar-refractivity contribution < 1.29 is 4.79 Å². The minimum atomic E-state index is -0.144. The first-order chi connectivity index (χ1) is 8.79. The van der Waals surface area contributed by atoms with E-state index in [-0.39, 0.29) is 5.91 Å². The van der Waals surface area contributed by atoms with E-state index in [0.29, 0.717) is 12.1 Å². The van der Waals surface area contributed by atoms with Crippen LogP contribution in [-0.2, 0) is 6.54 Å². The molecule has 0 fully saturated rings. The number of hydrogen-bond acceptors (Lipinski definition) is 4. The quantitative estimate of drug-likeness (QED) is 0.851. The number of carbonyl (C=O) groups is 1. The van der Waals surface area contributed by atoms with Gasteiger partial charge < -0.3 is 10.6 Å². The molecule has 0 saturated heterocycles. The molecule has 0 spiro atoms. The van der Waals surface area contributed by atoms with Gasteiger partial charge in [-0.1, -0.05) is 6.07 Å². The fraction of sp³-hybridized carbons (Fsp3) is 0.154. The van der Waals surface area contributed by atoms with Crippen molar-refractivity contribution >= 4 is 11.7 Å². The monoisotopic (exact) mass is 242 g/mol. The fourth-order valence-corrected chi connectivity index (χ4v) is 1.46. The van der Waals surface area contributed by atoms with Gasteiger partial charge in [0.2, 0.25) is 0 Å². The number of pyridine rings is 2. The molecule has 18 heavy (non-hydrogen) atoms. The SMILES string of the molecule is CNc1ccc(C(=O)NCc2cccnc2)cn1. The molecule has 0 aromatic carbocycles. The zero-order valence-electron chi connectivity index (χ0n) is 10.1. The van der Waals surface area contributed by atoms with E-state index in [2.05, 4.69) is 20.6 Å². The third-order valence-corrected chi connectivity index (χ3v) is 2.46. The summed E-state index contributed by atoms with van der Waals surface area (Å²) < 4.78 is 0. The molecule has 1 amide bonds. The Morgan fingerprint density at radius 3 is 2.78 bits per heavy atom. The molecule has 0 saturated carbocycles. The summed E-state index contributed by atoms with van der Waals surface area (Å²) in [6, 6.07) is 7.25. The number of amides is 1. The fourth-order valence-electron chi connectivity index (χ4n) is 1.46. The number of rotatable bonds is 4. The predicted octanol–water partition coefficient (Wildman–Crippen LogP) is 1.45. The van der Waals surface area contributed by atoms with Crippen molar-refractivity contribution in [2.75, 3.05) is 12.4 Å². The summed E-state index contributed by atoms with van der Waals surface area (Å²) in [5.74, 6) is 0.591. The highest BCUT2D eigenvalue weighted by molar-refractivity contribution is 5.93. The Bertz CT molecular complexity index is 510. The van der Waals surface area contributed by atoms with Crippen LogP contribution < -0.4 is 10.6 Å². The Labute approximate surface area is 105 Å². The molecule has 5 nitrogen and oxygen atoms in total. The molecule has 0 aliphatic rings. The van der Waals surface area contributed by atoms with Gasteiger partial charge in [-0.3, -0.25) is 9.78 Å². The summed E-state index contributed by atoms with van der Waals surface area (Å²) in [5, 5.41) is 5.71. The van der Waals surface area contributed by atoms with Gasteiger partial charge in [-0.2, -0.15) is 0 Å². The molecule has 2 heterocycles. The Balaban J connectivity index is 1.95. The van der Waals surface area contributed by atoms with Crippen LogP contribution in [0.15, 0.2) is 42.9 Å². The number of hydrogen-bond donors (Lipinski definition) is 2. The lowest BCUT2D eigenvalue weighted by molar-refractivity contribution is 0.0950. The molecule has 0 aliphatic carbocycles. The maximum atomic E-state index is 11.8. The van der Waals surface area contributed by atoms with Crippen LogP contribution in [0.25, 0.3) is 0 Å². The van der Waals surface area contributed by atoms with E-state index in [0.717, 1.165) is 11.4 Å². The third-order valence-electron chi connectivity index (χ3n) is 2.46. The highest BCUT2D eigenvalue weighted by Crippen LogP contribution is 2.04. The van der Waals surface area contributed by atoms with Crippen LogP contribution in [0.1, 0.15) is 15.9 Å². The summed E-state index contributed by atoms with van der Waals surface area (Å²) in [7, 11) is 1.78. The maximum absolute atomic E-state index is 11.8. The van der Waals surface area contributed by atoms with Gasteiger partial charge in [-0.05, 0) is 23.8 Å². The second kappa shape index (κ2) is 5.77. The minimum Gasteiger partial charge on any atom is -0.373 e. The number of nitrogens with zero attached hydrogens (tertiary/aromatic N) is 2. The second-order valence-electron chi connectivity index (χ2n) is 3.73. The predicted molar refractivity (Wildman–Crippen MR) is 69.2 cm³/mol. The summed E-state index contributed by atoms with van der Waals surface area (Å²) in [6.45, 7) is 0.459. The van der Waals surface area contributed by atoms with Crippen LogP contribution in [0, 0.1) is 0 Å². The Hall–Kier alpha value is -2.43. The van der Waals surface area contributed by atoms with Gasteiger partial charge in [0.1, 0.15) is 5.82 Å². The normalized spacial score (nSPS) is 9.83. The van der Waals surface area contributed by atoms with E-state index in [1.54, 1.807) is 37.8 Å². The molecule has 2 aromatic rings. The van der Waals surface area contributed by atoms with E-state index in [4.69, 9.17) is 0 Å². The van der Waals surface area contributed by atoms with Crippen LogP contribution in [0.2, 0.25) is 0 Å². The van der Waals surface area contributed by atoms with Crippen molar-refractivity contribution in [1.82, 2.24) is 15.3 Å². The lowest BCUT2D eigenvalue weighted by Crippen LogP contribution is -2.22. The largest absolute Gasteiger partial charge is 0.373 e. The van der Waals surface area contributed by atoms with Crippen LogP contribution in [-0.4, -0.2) is 22.9 Å². The number of carbonyl (C=O) groups excluding carboxylic acids is 1. The first kappa shape index (κ1) is 12.0. The highest BCUT2D eigenvalue weighted by Gasteiger charge is 2.05. The molecule has 0 aliphatic heterocycles. The summed E-state index contributed by atoms with van der Waals surface area (Å²) >= 11 is 0. The molecule has 92 valence electrons. The lowest BCUT2D eigenvalue weighted by atomic mass is 10.2. The number of anilines is 1. The molecule has 0 bridgehead atoms. The number of aromatic nitrogens is 2. The Morgan fingerprint density at radius 2 is 2.17 bits per heavy atom. The molecule has 0 radical (unpaired) electrons. The Kier molecular flexibility index (Phi) is 3.86. The number of nitrogens with one attached hydrogen (secondary N) is 2. The van der Waals surface area contributed by atoms with Crippen LogP contribution in [0.3, 0.4) is 0 Å². The molecule has 0 unspecified atom stereocenters. The van der Waals surface area contributed by atoms with Crippen LogP contribution in [0.4, 0.5) is 5.82 Å². The average molecular weight is 242 g/mol. The summed E-state index contributed by atoms with van der Waals surface area (Å²) in [5.41, 5.74) is 1.50. The lowest BCUT2D eigenvalue weighted by Gasteiger charge is -2.05. The molecule has 5 heteroatoms. The van der Waals surface area contributed by atoms with Gasteiger partial charge in [0.15, 0.2) is 0 Å². The van der Waals surface area contributed by atoms with Crippen LogP contribution in [0.5, 0.6) is 0 Å². The maximum Gasteiger partial charge on any atom is 0.253 e. The van der Waals surface area contributed by atoms with Crippen molar-refractivity contribution in [3.05, 3.63) is 54.0 Å². The first-order valence-electron chi connectivity index (χ1n) is 5.60. The van der Waals surface area contributed by atoms with E-state index < -0.39 is 0 Å². The average Bonchev–Trinajstić information content (AvgIpc) is 2.46. The van der Waals surface area contributed by atoms with E-state index in [1.807, 2.05) is 12.1 Å². The second-order valence-corrected chi connectivity index (χ2v) is 3.73. The zero-order valence-corrected chi connectivity index (χ0v) is 10.1. The highest BCUT2D eigenvalue weighted by atomic mass is 16.1. The van der Waals surface area contributed by atoms with E-state index >= 15 is 0 Å². The topological polar surface area (TPSA) is 66.9 Å². The van der Waals surface area contributed by atoms with Crippen molar-refractivity contribution in [2.24, 2.45) is 0 Å². The van der Waals surface area contributed by atoms with Gasteiger partial charge >= 0.3 is 0 Å². The third kappa shape index (κ3) is 3.04. The van der Waals surface area contributed by atoms with Gasteiger partial charge in [0, 0.05) is 32.2 Å². The van der Waals surface area contributed by atoms with Gasteiger partial charge in [0.05, 0.1) is 5.56 Å². The van der Waals surface area contributed by atoms with E-state index in [1.165, 1.54) is 0 Å². The van der Waals surface area contributed by atoms with Gasteiger partial charge in [-0.25, -0.2) is 4.98 Å². The van der Waals surface area contributed by atoms with Gasteiger partial charge in [-0.15, -0.1) is 0 Å². The standard InChI is InChI=1S/C13H14N4O/c1-14-12-5-4-11(9-16-12)13(18)17-8-10-3-2-6-15-7-10/h2-7,9H,8H2,1H3,(H,14,16)(H,17,18). The van der Waals surface area contributed by atoms with Crippen molar-refractivity contribution in [2.45, 2.75) is 6.54 Å². The smallest absolute Gasteiger partial charge is 0.253 e. The molecule has 2 aromatic heterocycles. The van der Waals surface area contributed by atoms with Crippen molar-refractivity contribution in [3.8, 4) is 0 Å². The van der Waals surface area contributed by atoms with Crippen molar-refractivity contribution in [3.63, 3.8) is 0 Å². The van der Waals surface area contributed by atoms with Crippen LogP contribution >= 0.6 is 0 Å². The molecule has 0 atom stereocenters. The molecular weight excluding hydrogens is 228 g/mol. The first-order valence-corrected chi connectivity index (χ1v) is 5.60. The zero-order chi connectivity index (χ0) is 12.8. The molecule has 2 rings (SSSR count). The minimum absolute atomic E-state index is 0.144. The Morgan fingerprint density at radius 1 is 1.28 bits per heavy atom. The van der Waals surface area contributed by atoms with Crippen molar-refractivity contribution in [1.29, 1.82) is 0 Å². The van der Waals surface area contributed by atoms with Gasteiger partial charge in [0.25, 0.3) is 5.91 Å². The summed E-state index contributed by atoms with van der Waals surface area (Å²) in [4.78, 5) is 19.9.